The van der Waals surface area contributed by atoms with Gasteiger partial charge in [-0.25, -0.2) is 4.98 Å². The molecule has 0 bridgehead atoms. The van der Waals surface area contributed by atoms with Gasteiger partial charge in [-0.1, -0.05) is 13.0 Å². The monoisotopic (exact) mass is 307 g/mol. The van der Waals surface area contributed by atoms with Crippen LogP contribution < -0.4 is 15.2 Å². The highest BCUT2D eigenvalue weighted by Crippen LogP contribution is 2.42. The maximum Gasteiger partial charge on any atom is 0.231 e. The van der Waals surface area contributed by atoms with Gasteiger partial charge in [-0.2, -0.15) is 5.26 Å². The maximum absolute atomic E-state index is 9.60. The van der Waals surface area contributed by atoms with E-state index in [0.717, 1.165) is 47.4 Å². The Morgan fingerprint density at radius 1 is 1.30 bits per heavy atom. The quantitative estimate of drug-likeness (QED) is 0.873. The van der Waals surface area contributed by atoms with E-state index in [1.54, 1.807) is 0 Å². The Hall–Kier alpha value is -2.74. The zero-order valence-electron chi connectivity index (χ0n) is 12.9. The predicted octanol–water partition coefficient (Wildman–Crippen LogP) is 3.37. The SMILES string of the molecule is CC1CCCc2c1nc(N)c(C#N)c2-c1ccc2c(c1)OCO2. The number of rotatable bonds is 1. The molecule has 2 heterocycles. The van der Waals surface area contributed by atoms with E-state index in [1.807, 2.05) is 18.2 Å². The molecule has 2 aliphatic rings. The molecule has 0 saturated carbocycles. The smallest absolute Gasteiger partial charge is 0.231 e. The number of ether oxygens (including phenoxy) is 2. The topological polar surface area (TPSA) is 81.2 Å². The summed E-state index contributed by atoms with van der Waals surface area (Å²) in [6, 6.07) is 8.01. The summed E-state index contributed by atoms with van der Waals surface area (Å²) in [6.45, 7) is 2.40. The normalized spacial score (nSPS) is 18.3. The average molecular weight is 307 g/mol. The Labute approximate surface area is 134 Å². The molecule has 5 nitrogen and oxygen atoms in total. The highest BCUT2D eigenvalue weighted by Gasteiger charge is 2.26. The summed E-state index contributed by atoms with van der Waals surface area (Å²) >= 11 is 0. The van der Waals surface area contributed by atoms with Crippen LogP contribution in [0.5, 0.6) is 11.5 Å². The van der Waals surface area contributed by atoms with Crippen molar-refractivity contribution >= 4 is 5.82 Å². The molecule has 23 heavy (non-hydrogen) atoms. The van der Waals surface area contributed by atoms with Crippen molar-refractivity contribution in [2.45, 2.75) is 32.1 Å². The summed E-state index contributed by atoms with van der Waals surface area (Å²) in [7, 11) is 0. The number of fused-ring (bicyclic) bond motifs is 2. The molecule has 1 atom stereocenters. The van der Waals surface area contributed by atoms with Gasteiger partial charge in [0, 0.05) is 11.3 Å². The Bertz CT molecular complexity index is 839. The summed E-state index contributed by atoms with van der Waals surface area (Å²) in [5.74, 6) is 2.12. The van der Waals surface area contributed by atoms with Gasteiger partial charge in [0.15, 0.2) is 11.5 Å². The zero-order chi connectivity index (χ0) is 16.0. The average Bonchev–Trinajstić information content (AvgIpc) is 3.02. The lowest BCUT2D eigenvalue weighted by atomic mass is 9.82. The van der Waals surface area contributed by atoms with E-state index in [4.69, 9.17) is 15.2 Å². The number of pyridine rings is 1. The van der Waals surface area contributed by atoms with Crippen molar-refractivity contribution in [3.05, 3.63) is 35.0 Å². The number of nitrogen functional groups attached to an aromatic ring is 1. The van der Waals surface area contributed by atoms with Crippen LogP contribution in [0.2, 0.25) is 0 Å². The third-order valence-corrected chi connectivity index (χ3v) is 4.66. The summed E-state index contributed by atoms with van der Waals surface area (Å²) in [5, 5.41) is 9.60. The molecule has 1 aliphatic carbocycles. The molecular formula is C18H17N3O2. The van der Waals surface area contributed by atoms with Gasteiger partial charge in [-0.15, -0.1) is 0 Å². The van der Waals surface area contributed by atoms with Gasteiger partial charge in [-0.3, -0.25) is 0 Å². The molecule has 0 radical (unpaired) electrons. The number of hydrogen-bond acceptors (Lipinski definition) is 5. The predicted molar refractivity (Wildman–Crippen MR) is 86.3 cm³/mol. The van der Waals surface area contributed by atoms with E-state index >= 15 is 0 Å². The fraction of sp³-hybridized carbons (Fsp3) is 0.333. The van der Waals surface area contributed by atoms with Gasteiger partial charge >= 0.3 is 0 Å². The van der Waals surface area contributed by atoms with Crippen molar-refractivity contribution in [1.29, 1.82) is 5.26 Å². The molecule has 5 heteroatoms. The van der Waals surface area contributed by atoms with E-state index in [2.05, 4.69) is 18.0 Å². The first-order valence-corrected chi connectivity index (χ1v) is 7.81. The minimum absolute atomic E-state index is 0.234. The molecule has 1 aliphatic heterocycles. The first-order chi connectivity index (χ1) is 11.2. The van der Waals surface area contributed by atoms with E-state index in [-0.39, 0.29) is 6.79 Å². The van der Waals surface area contributed by atoms with E-state index in [1.165, 1.54) is 0 Å². The number of benzene rings is 1. The van der Waals surface area contributed by atoms with Gasteiger partial charge < -0.3 is 15.2 Å². The second-order valence-electron chi connectivity index (χ2n) is 6.08. The second kappa shape index (κ2) is 5.17. The van der Waals surface area contributed by atoms with Gasteiger partial charge in [0.2, 0.25) is 6.79 Å². The molecular weight excluding hydrogens is 290 g/mol. The summed E-state index contributed by atoms with van der Waals surface area (Å²) in [6.07, 6.45) is 3.12. The van der Waals surface area contributed by atoms with Gasteiger partial charge in [0.25, 0.3) is 0 Å². The number of nitrogens with zero attached hydrogens (tertiary/aromatic N) is 2. The first kappa shape index (κ1) is 13.9. The number of aromatic nitrogens is 1. The Kier molecular flexibility index (Phi) is 3.12. The first-order valence-electron chi connectivity index (χ1n) is 7.81. The lowest BCUT2D eigenvalue weighted by Crippen LogP contribution is -2.14. The van der Waals surface area contributed by atoms with Gasteiger partial charge in [0.05, 0.1) is 0 Å². The fourth-order valence-electron chi connectivity index (χ4n) is 3.53. The lowest BCUT2D eigenvalue weighted by Gasteiger charge is -2.25. The largest absolute Gasteiger partial charge is 0.454 e. The van der Waals surface area contributed by atoms with Crippen LogP contribution in [0.4, 0.5) is 5.82 Å². The van der Waals surface area contributed by atoms with E-state index in [9.17, 15) is 5.26 Å². The summed E-state index contributed by atoms with van der Waals surface area (Å²) in [4.78, 5) is 4.52. The van der Waals surface area contributed by atoms with Crippen molar-refractivity contribution in [2.75, 3.05) is 12.5 Å². The Morgan fingerprint density at radius 2 is 2.13 bits per heavy atom. The number of anilines is 1. The molecule has 2 N–H and O–H groups in total. The molecule has 0 fully saturated rings. The van der Waals surface area contributed by atoms with E-state index in [0.29, 0.717) is 23.0 Å². The third kappa shape index (κ3) is 2.10. The molecule has 0 amide bonds. The van der Waals surface area contributed by atoms with Crippen molar-refractivity contribution < 1.29 is 9.47 Å². The Balaban J connectivity index is 1.98. The number of nitriles is 1. The molecule has 1 aromatic heterocycles. The highest BCUT2D eigenvalue weighted by molar-refractivity contribution is 5.81. The van der Waals surface area contributed by atoms with Crippen molar-refractivity contribution in [1.82, 2.24) is 4.98 Å². The molecule has 1 unspecified atom stereocenters. The molecule has 116 valence electrons. The van der Waals surface area contributed by atoms with Gasteiger partial charge in [0.1, 0.15) is 17.5 Å². The summed E-state index contributed by atoms with van der Waals surface area (Å²) < 4.78 is 10.9. The molecule has 4 rings (SSSR count). The van der Waals surface area contributed by atoms with Crippen LogP contribution in [0.25, 0.3) is 11.1 Å². The number of hydrogen-bond donors (Lipinski definition) is 1. The van der Waals surface area contributed by atoms with Crippen LogP contribution in [-0.2, 0) is 6.42 Å². The van der Waals surface area contributed by atoms with Crippen molar-refractivity contribution in [3.63, 3.8) is 0 Å². The molecule has 2 aromatic rings. The maximum atomic E-state index is 9.60. The minimum Gasteiger partial charge on any atom is -0.454 e. The summed E-state index contributed by atoms with van der Waals surface area (Å²) in [5.41, 5.74) is 10.5. The van der Waals surface area contributed by atoms with Crippen LogP contribution >= 0.6 is 0 Å². The molecule has 0 saturated heterocycles. The van der Waals surface area contributed by atoms with E-state index < -0.39 is 0 Å². The van der Waals surface area contributed by atoms with Gasteiger partial charge in [-0.05, 0) is 48.4 Å². The second-order valence-corrected chi connectivity index (χ2v) is 6.08. The van der Waals surface area contributed by atoms with Crippen LogP contribution in [0.15, 0.2) is 18.2 Å². The standard InChI is InChI=1S/C18H17N3O2/c1-10-3-2-4-12-16(13(8-19)18(20)21-17(10)12)11-5-6-14-15(7-11)23-9-22-14/h5-7,10H,2-4,9H2,1H3,(H2,20,21). The molecule has 0 spiro atoms. The highest BCUT2D eigenvalue weighted by atomic mass is 16.7. The van der Waals surface area contributed by atoms with Crippen LogP contribution in [0, 0.1) is 11.3 Å². The fourth-order valence-corrected chi connectivity index (χ4v) is 3.53. The Morgan fingerprint density at radius 3 is 2.96 bits per heavy atom. The van der Waals surface area contributed by atoms with Crippen molar-refractivity contribution in [3.8, 4) is 28.7 Å². The molecule has 1 aromatic carbocycles. The van der Waals surface area contributed by atoms with Crippen LogP contribution in [0.3, 0.4) is 0 Å². The third-order valence-electron chi connectivity index (χ3n) is 4.66. The zero-order valence-corrected chi connectivity index (χ0v) is 12.9. The van der Waals surface area contributed by atoms with Crippen LogP contribution in [0.1, 0.15) is 42.5 Å². The number of nitrogens with two attached hydrogens (primary N) is 1. The van der Waals surface area contributed by atoms with Crippen LogP contribution in [-0.4, -0.2) is 11.8 Å². The lowest BCUT2D eigenvalue weighted by molar-refractivity contribution is 0.174. The minimum atomic E-state index is 0.234. The van der Waals surface area contributed by atoms with Crippen molar-refractivity contribution in [2.24, 2.45) is 0 Å².